The van der Waals surface area contributed by atoms with Crippen molar-refractivity contribution in [3.8, 4) is 11.5 Å². The van der Waals surface area contributed by atoms with E-state index in [9.17, 15) is 0 Å². The van der Waals surface area contributed by atoms with Crippen LogP contribution in [0, 0.1) is 6.92 Å². The molecule has 0 unspecified atom stereocenters. The van der Waals surface area contributed by atoms with E-state index in [4.69, 9.17) is 9.47 Å². The van der Waals surface area contributed by atoms with Crippen molar-refractivity contribution < 1.29 is 9.47 Å². The number of benzene rings is 1. The molecular weight excluding hydrogens is 368 g/mol. The number of thioether (sulfide) groups is 1. The molecule has 0 bridgehead atoms. The third-order valence-corrected chi connectivity index (χ3v) is 6.76. The van der Waals surface area contributed by atoms with Crippen LogP contribution in [0.2, 0.25) is 0 Å². The number of hydrogen-bond acceptors (Lipinski definition) is 8. The van der Waals surface area contributed by atoms with Crippen molar-refractivity contribution in [2.45, 2.75) is 36.6 Å². The lowest BCUT2D eigenvalue weighted by atomic mass is 10.0. The maximum atomic E-state index is 5.49. The minimum Gasteiger partial charge on any atom is -0.454 e. The monoisotopic (exact) mass is 392 g/mol. The summed E-state index contributed by atoms with van der Waals surface area (Å²) in [5, 5.41) is 13.0. The molecule has 0 saturated carbocycles. The Morgan fingerprint density at radius 3 is 2.88 bits per heavy atom. The molecule has 1 fully saturated rings. The van der Waals surface area contributed by atoms with Crippen molar-refractivity contribution in [3.05, 3.63) is 23.2 Å². The summed E-state index contributed by atoms with van der Waals surface area (Å²) in [7, 11) is 0. The molecule has 0 spiro atoms. The van der Waals surface area contributed by atoms with Gasteiger partial charge < -0.3 is 19.7 Å². The molecule has 2 aliphatic heterocycles. The van der Waals surface area contributed by atoms with Gasteiger partial charge in [-0.05, 0) is 44.9 Å². The first-order chi connectivity index (χ1) is 12.8. The van der Waals surface area contributed by atoms with E-state index in [0.717, 1.165) is 52.7 Å². The van der Waals surface area contributed by atoms with E-state index >= 15 is 0 Å². The Labute approximate surface area is 162 Å². The number of piperidine rings is 1. The van der Waals surface area contributed by atoms with Gasteiger partial charge in [0.2, 0.25) is 6.79 Å². The number of ether oxygens (including phenoxy) is 2. The Kier molecular flexibility index (Phi) is 5.81. The molecule has 140 valence electrons. The SMILES string of the molecule is Cc1nnc(SCCCNC2CCN(c3ccc4c(c3)OCO4)CC2)s1. The summed E-state index contributed by atoms with van der Waals surface area (Å²) < 4.78 is 12.0. The Balaban J connectivity index is 1.15. The second kappa shape index (κ2) is 8.45. The van der Waals surface area contributed by atoms with E-state index in [1.807, 2.05) is 24.8 Å². The zero-order valence-corrected chi connectivity index (χ0v) is 16.6. The van der Waals surface area contributed by atoms with Crippen molar-refractivity contribution in [2.24, 2.45) is 0 Å². The normalized spacial score (nSPS) is 17.0. The van der Waals surface area contributed by atoms with Crippen molar-refractivity contribution >= 4 is 28.8 Å². The van der Waals surface area contributed by atoms with E-state index in [-0.39, 0.29) is 0 Å². The highest BCUT2D eigenvalue weighted by atomic mass is 32.2. The number of nitrogens with zero attached hydrogens (tertiary/aromatic N) is 3. The van der Waals surface area contributed by atoms with Crippen LogP contribution in [0.15, 0.2) is 22.5 Å². The fraction of sp³-hybridized carbons (Fsp3) is 0.556. The van der Waals surface area contributed by atoms with Crippen LogP contribution in [0.25, 0.3) is 0 Å². The van der Waals surface area contributed by atoms with Gasteiger partial charge in [0.1, 0.15) is 5.01 Å². The highest BCUT2D eigenvalue weighted by Crippen LogP contribution is 2.36. The van der Waals surface area contributed by atoms with Crippen LogP contribution < -0.4 is 19.7 Å². The lowest BCUT2D eigenvalue weighted by Crippen LogP contribution is -2.42. The van der Waals surface area contributed by atoms with Crippen molar-refractivity contribution in [2.75, 3.05) is 37.1 Å². The average molecular weight is 393 g/mol. The van der Waals surface area contributed by atoms with Gasteiger partial charge >= 0.3 is 0 Å². The lowest BCUT2D eigenvalue weighted by molar-refractivity contribution is 0.174. The largest absolute Gasteiger partial charge is 0.454 e. The van der Waals surface area contributed by atoms with Gasteiger partial charge in [-0.15, -0.1) is 10.2 Å². The van der Waals surface area contributed by atoms with E-state index in [1.165, 1.54) is 18.5 Å². The molecule has 4 rings (SSSR count). The van der Waals surface area contributed by atoms with Gasteiger partial charge in [-0.1, -0.05) is 23.1 Å². The van der Waals surface area contributed by atoms with Gasteiger partial charge in [0, 0.05) is 36.6 Å². The molecule has 1 N–H and O–H groups in total. The second-order valence-electron chi connectivity index (χ2n) is 6.54. The predicted octanol–water partition coefficient (Wildman–Crippen LogP) is 3.32. The second-order valence-corrected chi connectivity index (χ2v) is 9.07. The fourth-order valence-electron chi connectivity index (χ4n) is 3.30. The Morgan fingerprint density at radius 2 is 2.08 bits per heavy atom. The van der Waals surface area contributed by atoms with Crippen LogP contribution in [-0.4, -0.2) is 48.4 Å². The highest BCUT2D eigenvalue weighted by molar-refractivity contribution is 8.01. The van der Waals surface area contributed by atoms with Crippen molar-refractivity contribution in [1.29, 1.82) is 0 Å². The van der Waals surface area contributed by atoms with Crippen LogP contribution >= 0.6 is 23.1 Å². The summed E-state index contributed by atoms with van der Waals surface area (Å²) in [6.07, 6.45) is 3.51. The van der Waals surface area contributed by atoms with Gasteiger partial charge in [-0.2, -0.15) is 0 Å². The summed E-state index contributed by atoms with van der Waals surface area (Å²) in [6.45, 7) is 5.56. The van der Waals surface area contributed by atoms with E-state index in [2.05, 4.69) is 32.5 Å². The molecule has 26 heavy (non-hydrogen) atoms. The first-order valence-corrected chi connectivity index (χ1v) is 10.9. The third kappa shape index (κ3) is 4.42. The van der Waals surface area contributed by atoms with Crippen LogP contribution in [0.3, 0.4) is 0 Å². The Bertz CT molecular complexity index is 732. The molecule has 0 amide bonds. The number of aromatic nitrogens is 2. The quantitative estimate of drug-likeness (QED) is 0.573. The predicted molar refractivity (Wildman–Crippen MR) is 106 cm³/mol. The van der Waals surface area contributed by atoms with Gasteiger partial charge in [-0.25, -0.2) is 0 Å². The fourth-order valence-corrected chi connectivity index (χ4v) is 5.12. The average Bonchev–Trinajstić information content (AvgIpc) is 3.30. The molecule has 2 aliphatic rings. The van der Waals surface area contributed by atoms with Crippen LogP contribution in [-0.2, 0) is 0 Å². The first kappa shape index (κ1) is 17.9. The zero-order valence-electron chi connectivity index (χ0n) is 14.9. The maximum Gasteiger partial charge on any atom is 0.231 e. The number of nitrogens with one attached hydrogen (secondary N) is 1. The molecule has 1 aromatic carbocycles. The summed E-state index contributed by atoms with van der Waals surface area (Å²) >= 11 is 3.49. The maximum absolute atomic E-state index is 5.49. The number of aryl methyl sites for hydroxylation is 1. The van der Waals surface area contributed by atoms with Crippen LogP contribution in [0.5, 0.6) is 11.5 Å². The third-order valence-electron chi connectivity index (χ3n) is 4.70. The van der Waals surface area contributed by atoms with Crippen LogP contribution in [0.4, 0.5) is 5.69 Å². The van der Waals surface area contributed by atoms with Crippen molar-refractivity contribution in [3.63, 3.8) is 0 Å². The highest BCUT2D eigenvalue weighted by Gasteiger charge is 2.21. The molecule has 3 heterocycles. The molecule has 2 aromatic rings. The smallest absolute Gasteiger partial charge is 0.231 e. The van der Waals surface area contributed by atoms with Gasteiger partial charge in [0.25, 0.3) is 0 Å². The molecule has 1 aromatic heterocycles. The summed E-state index contributed by atoms with van der Waals surface area (Å²) in [5.74, 6) is 2.82. The number of fused-ring (bicyclic) bond motifs is 1. The number of anilines is 1. The molecule has 0 atom stereocenters. The Hall–Kier alpha value is -1.51. The van der Waals surface area contributed by atoms with Gasteiger partial charge in [0.05, 0.1) is 0 Å². The number of rotatable bonds is 7. The molecule has 1 saturated heterocycles. The molecular formula is C18H24N4O2S2. The van der Waals surface area contributed by atoms with Gasteiger partial charge in [-0.3, -0.25) is 0 Å². The molecule has 0 radical (unpaired) electrons. The van der Waals surface area contributed by atoms with Crippen LogP contribution in [0.1, 0.15) is 24.3 Å². The minimum atomic E-state index is 0.335. The summed E-state index contributed by atoms with van der Waals surface area (Å²) in [6, 6.07) is 6.86. The van der Waals surface area contributed by atoms with Gasteiger partial charge in [0.15, 0.2) is 15.8 Å². The summed E-state index contributed by atoms with van der Waals surface area (Å²) in [4.78, 5) is 2.44. The van der Waals surface area contributed by atoms with E-state index in [1.54, 1.807) is 11.3 Å². The zero-order chi connectivity index (χ0) is 17.8. The van der Waals surface area contributed by atoms with E-state index < -0.39 is 0 Å². The minimum absolute atomic E-state index is 0.335. The lowest BCUT2D eigenvalue weighted by Gasteiger charge is -2.34. The topological polar surface area (TPSA) is 59.5 Å². The first-order valence-electron chi connectivity index (χ1n) is 9.09. The summed E-state index contributed by atoms with van der Waals surface area (Å²) in [5.41, 5.74) is 1.23. The standard InChI is InChI=1S/C18H24N4O2S2/c1-13-20-21-18(26-13)25-10-2-7-19-14-5-8-22(9-6-14)15-3-4-16-17(11-15)24-12-23-16/h3-4,11,14,19H,2,5-10,12H2,1H3. The molecule has 6 nitrogen and oxygen atoms in total. The number of hydrogen-bond donors (Lipinski definition) is 1. The molecule has 8 heteroatoms. The molecule has 0 aliphatic carbocycles. The van der Waals surface area contributed by atoms with Crippen molar-refractivity contribution in [1.82, 2.24) is 15.5 Å². The van der Waals surface area contributed by atoms with E-state index in [0.29, 0.717) is 12.8 Å². The Morgan fingerprint density at radius 1 is 1.23 bits per heavy atom.